The fourth-order valence-electron chi connectivity index (χ4n) is 3.67. The predicted molar refractivity (Wildman–Crippen MR) is 140 cm³/mol. The van der Waals surface area contributed by atoms with Crippen LogP contribution in [0, 0.1) is 17.1 Å². The summed E-state index contributed by atoms with van der Waals surface area (Å²) in [6, 6.07) is 18.1. The van der Waals surface area contributed by atoms with Gasteiger partial charge in [0.2, 0.25) is 5.91 Å². The molecule has 4 rings (SSSR count). The molecule has 2 amide bonds. The van der Waals surface area contributed by atoms with Gasteiger partial charge in [-0.2, -0.15) is 5.26 Å². The van der Waals surface area contributed by atoms with E-state index in [0.717, 1.165) is 16.2 Å². The lowest BCUT2D eigenvalue weighted by molar-refractivity contribution is -0.114. The van der Waals surface area contributed by atoms with E-state index in [4.69, 9.17) is 4.42 Å². The van der Waals surface area contributed by atoms with Gasteiger partial charge in [-0.3, -0.25) is 9.59 Å². The van der Waals surface area contributed by atoms with E-state index in [1.54, 1.807) is 31.2 Å². The first-order valence-electron chi connectivity index (χ1n) is 10.8. The molecule has 0 spiro atoms. The highest BCUT2D eigenvalue weighted by molar-refractivity contribution is 9.10. The molecule has 0 saturated carbocycles. The molecule has 2 aromatic carbocycles. The van der Waals surface area contributed by atoms with Crippen molar-refractivity contribution in [3.8, 4) is 6.07 Å². The van der Waals surface area contributed by atoms with Crippen LogP contribution < -0.4 is 16.0 Å². The number of thioether (sulfide) groups is 1. The fraction of sp³-hybridized carbons (Fsp3) is 0.115. The number of hydrogen-bond acceptors (Lipinski definition) is 6. The third-order valence-corrected chi connectivity index (χ3v) is 6.84. The van der Waals surface area contributed by atoms with Crippen molar-refractivity contribution >= 4 is 50.9 Å². The third kappa shape index (κ3) is 5.87. The van der Waals surface area contributed by atoms with Gasteiger partial charge in [-0.1, -0.05) is 27.7 Å². The van der Waals surface area contributed by atoms with Crippen LogP contribution in [0.1, 0.15) is 18.6 Å². The van der Waals surface area contributed by atoms with Crippen LogP contribution in [0.25, 0.3) is 0 Å². The van der Waals surface area contributed by atoms with Crippen LogP contribution in [0.3, 0.4) is 0 Å². The number of rotatable bonds is 7. The predicted octanol–water partition coefficient (Wildman–Crippen LogP) is 5.89. The summed E-state index contributed by atoms with van der Waals surface area (Å²) in [5.74, 6) is -1.46. The Morgan fingerprint density at radius 3 is 2.42 bits per heavy atom. The number of anilines is 2. The fourth-order valence-corrected chi connectivity index (χ4v) is 4.82. The van der Waals surface area contributed by atoms with Crippen LogP contribution in [-0.2, 0) is 9.59 Å². The maximum absolute atomic E-state index is 13.3. The monoisotopic (exact) mass is 566 g/mol. The zero-order valence-electron chi connectivity index (χ0n) is 19.0. The first-order chi connectivity index (χ1) is 17.4. The minimum Gasteiger partial charge on any atom is -0.468 e. The van der Waals surface area contributed by atoms with Gasteiger partial charge in [-0.15, -0.1) is 0 Å². The average molecular weight is 567 g/mol. The number of allylic oxidation sites excluding steroid dienone is 2. The molecule has 1 aromatic heterocycles. The van der Waals surface area contributed by atoms with E-state index in [9.17, 15) is 19.2 Å². The number of nitriles is 1. The molecule has 10 heteroatoms. The number of amides is 2. The molecule has 7 nitrogen and oxygen atoms in total. The van der Waals surface area contributed by atoms with Crippen molar-refractivity contribution in [1.82, 2.24) is 5.32 Å². The molecule has 0 aliphatic carbocycles. The van der Waals surface area contributed by atoms with Gasteiger partial charge in [0, 0.05) is 21.5 Å². The van der Waals surface area contributed by atoms with Crippen molar-refractivity contribution in [3.63, 3.8) is 0 Å². The van der Waals surface area contributed by atoms with Crippen LogP contribution in [0.15, 0.2) is 97.7 Å². The number of halogens is 2. The van der Waals surface area contributed by atoms with E-state index in [2.05, 4.69) is 37.9 Å². The van der Waals surface area contributed by atoms with Crippen LogP contribution in [-0.4, -0.2) is 17.6 Å². The average Bonchev–Trinajstić information content (AvgIpc) is 3.39. The molecule has 0 fully saturated rings. The number of benzene rings is 2. The van der Waals surface area contributed by atoms with Crippen molar-refractivity contribution in [3.05, 3.63) is 105 Å². The molecule has 0 saturated heterocycles. The number of nitrogens with one attached hydrogen (secondary N) is 3. The highest BCUT2D eigenvalue weighted by Gasteiger charge is 2.36. The topological polar surface area (TPSA) is 107 Å². The van der Waals surface area contributed by atoms with Gasteiger partial charge >= 0.3 is 0 Å². The largest absolute Gasteiger partial charge is 0.468 e. The van der Waals surface area contributed by atoms with Crippen LogP contribution in [0.2, 0.25) is 0 Å². The first kappa shape index (κ1) is 25.3. The number of hydrogen-bond donors (Lipinski definition) is 3. The Balaban J connectivity index is 1.57. The Hall–Kier alpha value is -3.81. The van der Waals surface area contributed by atoms with Gasteiger partial charge in [0.25, 0.3) is 5.91 Å². The van der Waals surface area contributed by atoms with Crippen LogP contribution in [0.5, 0.6) is 0 Å². The van der Waals surface area contributed by atoms with E-state index in [-0.39, 0.29) is 22.8 Å². The van der Waals surface area contributed by atoms with E-state index in [1.165, 1.54) is 30.5 Å². The summed E-state index contributed by atoms with van der Waals surface area (Å²) >= 11 is 4.52. The quantitative estimate of drug-likeness (QED) is 0.329. The third-order valence-electron chi connectivity index (χ3n) is 5.30. The molecule has 36 heavy (non-hydrogen) atoms. The summed E-state index contributed by atoms with van der Waals surface area (Å²) in [4.78, 5) is 25.8. The normalized spacial score (nSPS) is 15.2. The summed E-state index contributed by atoms with van der Waals surface area (Å²) in [6.45, 7) is 1.71. The lowest BCUT2D eigenvalue weighted by Gasteiger charge is -2.28. The maximum Gasteiger partial charge on any atom is 0.254 e. The Morgan fingerprint density at radius 2 is 1.78 bits per heavy atom. The zero-order valence-corrected chi connectivity index (χ0v) is 21.4. The Bertz CT molecular complexity index is 1380. The second-order valence-corrected chi connectivity index (χ2v) is 9.67. The Kier molecular flexibility index (Phi) is 7.93. The van der Waals surface area contributed by atoms with E-state index >= 15 is 0 Å². The number of carbonyl (C=O) groups excluding carboxylic acids is 2. The number of nitrogens with zero attached hydrogens (tertiary/aromatic N) is 1. The van der Waals surface area contributed by atoms with Gasteiger partial charge in [0.1, 0.15) is 11.6 Å². The molecule has 2 heterocycles. The van der Waals surface area contributed by atoms with E-state index in [0.29, 0.717) is 27.9 Å². The SMILES string of the molecule is CC1=C(C(=O)Nc2ccc(F)cc2)[C@@H](c2ccco2)C(C#N)=C(SCC(=O)Nc2ccc(Br)cc2)N1. The highest BCUT2D eigenvalue weighted by atomic mass is 79.9. The molecule has 3 aromatic rings. The molecule has 0 unspecified atom stereocenters. The van der Waals surface area contributed by atoms with Crippen molar-refractivity contribution in [2.45, 2.75) is 12.8 Å². The summed E-state index contributed by atoms with van der Waals surface area (Å²) in [7, 11) is 0. The van der Waals surface area contributed by atoms with Crippen molar-refractivity contribution < 1.29 is 18.4 Å². The lowest BCUT2D eigenvalue weighted by Crippen LogP contribution is -2.31. The zero-order chi connectivity index (χ0) is 25.7. The standard InChI is InChI=1S/C26H20BrFN4O3S/c1-15-23(25(34)32-19-10-6-17(28)7-11-19)24(21-3-2-12-35-21)20(13-29)26(30-15)36-14-22(33)31-18-8-4-16(27)5-9-18/h2-12,24,30H,14H2,1H3,(H,31,33)(H,32,34)/t24-/m1/s1. The molecule has 182 valence electrons. The Labute approximate surface area is 219 Å². The van der Waals surface area contributed by atoms with E-state index < -0.39 is 17.6 Å². The van der Waals surface area contributed by atoms with Gasteiger partial charge in [-0.05, 0) is 67.6 Å². The summed E-state index contributed by atoms with van der Waals surface area (Å²) < 4.78 is 19.8. The number of furan rings is 1. The van der Waals surface area contributed by atoms with Crippen molar-refractivity contribution in [2.75, 3.05) is 16.4 Å². The smallest absolute Gasteiger partial charge is 0.254 e. The molecule has 0 bridgehead atoms. The molecule has 0 radical (unpaired) electrons. The van der Waals surface area contributed by atoms with Crippen molar-refractivity contribution in [2.24, 2.45) is 0 Å². The molecule has 1 aliphatic rings. The molecular weight excluding hydrogens is 547 g/mol. The lowest BCUT2D eigenvalue weighted by atomic mass is 9.85. The van der Waals surface area contributed by atoms with Gasteiger partial charge in [0.05, 0.1) is 40.2 Å². The molecular formula is C26H20BrFN4O3S. The van der Waals surface area contributed by atoms with Crippen LogP contribution >= 0.6 is 27.7 Å². The minimum atomic E-state index is -0.788. The summed E-state index contributed by atoms with van der Waals surface area (Å²) in [6.07, 6.45) is 1.47. The number of carbonyl (C=O) groups is 2. The highest BCUT2D eigenvalue weighted by Crippen LogP contribution is 2.41. The minimum absolute atomic E-state index is 0.0405. The molecule has 3 N–H and O–H groups in total. The summed E-state index contributed by atoms with van der Waals surface area (Å²) in [5, 5.41) is 19.2. The van der Waals surface area contributed by atoms with Gasteiger partial charge < -0.3 is 20.4 Å². The van der Waals surface area contributed by atoms with Crippen LogP contribution in [0.4, 0.5) is 15.8 Å². The van der Waals surface area contributed by atoms with Gasteiger partial charge in [-0.25, -0.2) is 4.39 Å². The second kappa shape index (κ2) is 11.3. The second-order valence-electron chi connectivity index (χ2n) is 7.77. The molecule has 1 atom stereocenters. The first-order valence-corrected chi connectivity index (χ1v) is 12.5. The number of dihydropyridines is 1. The van der Waals surface area contributed by atoms with E-state index in [1.807, 2.05) is 12.1 Å². The Morgan fingerprint density at radius 1 is 1.11 bits per heavy atom. The maximum atomic E-state index is 13.3. The summed E-state index contributed by atoms with van der Waals surface area (Å²) in [5.41, 5.74) is 2.10. The van der Waals surface area contributed by atoms with Gasteiger partial charge in [0.15, 0.2) is 0 Å². The van der Waals surface area contributed by atoms with Crippen molar-refractivity contribution in [1.29, 1.82) is 5.26 Å². The molecule has 1 aliphatic heterocycles.